The summed E-state index contributed by atoms with van der Waals surface area (Å²) in [6.07, 6.45) is 0.339. The van der Waals surface area contributed by atoms with Crippen LogP contribution in [0.15, 0.2) is 53.5 Å². The number of guanidine groups is 1. The lowest BCUT2D eigenvalue weighted by atomic mass is 9.91. The van der Waals surface area contributed by atoms with Crippen molar-refractivity contribution in [1.29, 1.82) is 0 Å². The van der Waals surface area contributed by atoms with Gasteiger partial charge in [0.25, 0.3) is 0 Å². The van der Waals surface area contributed by atoms with Gasteiger partial charge >= 0.3 is 0 Å². The number of anilines is 1. The Morgan fingerprint density at radius 2 is 1.93 bits per heavy atom. The van der Waals surface area contributed by atoms with E-state index in [4.69, 9.17) is 14.5 Å². The number of rotatable bonds is 5. The van der Waals surface area contributed by atoms with Crippen molar-refractivity contribution in [1.82, 2.24) is 10.6 Å². The van der Waals surface area contributed by atoms with Crippen LogP contribution in [-0.4, -0.2) is 44.2 Å². The maximum Gasteiger partial charge on any atom is 0.225 e. The van der Waals surface area contributed by atoms with E-state index in [2.05, 4.69) is 22.0 Å². The number of carbonyl (C=O) groups excluding carboxylic acids is 1. The Morgan fingerprint density at radius 1 is 1.14 bits per heavy atom. The minimum absolute atomic E-state index is 0.0354. The van der Waals surface area contributed by atoms with E-state index < -0.39 is 0 Å². The summed E-state index contributed by atoms with van der Waals surface area (Å²) >= 11 is 0. The first-order valence-corrected chi connectivity index (χ1v) is 10.0. The van der Waals surface area contributed by atoms with Crippen molar-refractivity contribution < 1.29 is 14.3 Å². The molecule has 29 heavy (non-hydrogen) atoms. The van der Waals surface area contributed by atoms with E-state index in [0.29, 0.717) is 32.1 Å². The fraction of sp³-hybridized carbons (Fsp3) is 0.364. The van der Waals surface area contributed by atoms with Crippen molar-refractivity contribution in [3.05, 3.63) is 54.1 Å². The fourth-order valence-electron chi connectivity index (χ4n) is 3.58. The van der Waals surface area contributed by atoms with Gasteiger partial charge in [0.1, 0.15) is 12.7 Å². The average Bonchev–Trinajstić information content (AvgIpc) is 2.75. The van der Waals surface area contributed by atoms with Gasteiger partial charge < -0.3 is 25.4 Å². The van der Waals surface area contributed by atoms with Crippen LogP contribution in [0, 0.1) is 0 Å². The highest BCUT2D eigenvalue weighted by molar-refractivity contribution is 5.94. The minimum Gasteiger partial charge on any atom is -0.486 e. The van der Waals surface area contributed by atoms with Crippen LogP contribution >= 0.6 is 0 Å². The number of hydrogen-bond donors (Lipinski definition) is 3. The molecular formula is C22H26N4O3. The van der Waals surface area contributed by atoms with Crippen molar-refractivity contribution in [3.63, 3.8) is 0 Å². The maximum absolute atomic E-state index is 12.0. The molecule has 1 amide bonds. The number of hydrogen-bond acceptors (Lipinski definition) is 4. The van der Waals surface area contributed by atoms with Crippen LogP contribution in [0.5, 0.6) is 11.5 Å². The summed E-state index contributed by atoms with van der Waals surface area (Å²) in [5.74, 6) is 2.35. The van der Waals surface area contributed by atoms with E-state index in [-0.39, 0.29) is 17.9 Å². The molecule has 0 spiro atoms. The highest BCUT2D eigenvalue weighted by Gasteiger charge is 2.25. The number of aliphatic imine (C=N–C) groups is 1. The van der Waals surface area contributed by atoms with E-state index >= 15 is 0 Å². The zero-order valence-corrected chi connectivity index (χ0v) is 16.5. The van der Waals surface area contributed by atoms with Gasteiger partial charge in [0, 0.05) is 24.6 Å². The number of amides is 1. The second-order valence-electron chi connectivity index (χ2n) is 7.13. The van der Waals surface area contributed by atoms with E-state index in [0.717, 1.165) is 29.3 Å². The van der Waals surface area contributed by atoms with Gasteiger partial charge in [-0.25, -0.2) is 0 Å². The number of benzene rings is 2. The zero-order valence-electron chi connectivity index (χ0n) is 16.5. The van der Waals surface area contributed by atoms with Crippen molar-refractivity contribution in [2.24, 2.45) is 4.99 Å². The topological polar surface area (TPSA) is 84.0 Å². The fourth-order valence-corrected chi connectivity index (χ4v) is 3.58. The Morgan fingerprint density at radius 3 is 2.79 bits per heavy atom. The van der Waals surface area contributed by atoms with Gasteiger partial charge in [0.15, 0.2) is 17.5 Å². The van der Waals surface area contributed by atoms with Crippen LogP contribution in [0.4, 0.5) is 5.69 Å². The van der Waals surface area contributed by atoms with Crippen molar-refractivity contribution in [2.45, 2.75) is 25.4 Å². The quantitative estimate of drug-likeness (QED) is 0.536. The molecule has 2 unspecified atom stereocenters. The highest BCUT2D eigenvalue weighted by atomic mass is 16.6. The number of nitrogens with one attached hydrogen (secondary N) is 3. The number of nitrogens with zero attached hydrogens (tertiary/aromatic N) is 1. The van der Waals surface area contributed by atoms with Gasteiger partial charge in [-0.2, -0.15) is 0 Å². The SMILES string of the molecule is CCNC(=NCC1CC(=O)Nc2ccccc21)NCC1COc2ccccc2O1. The summed E-state index contributed by atoms with van der Waals surface area (Å²) in [4.78, 5) is 16.7. The number of fused-ring (bicyclic) bond motifs is 2. The smallest absolute Gasteiger partial charge is 0.225 e. The van der Waals surface area contributed by atoms with Crippen LogP contribution < -0.4 is 25.4 Å². The molecule has 2 aromatic rings. The molecule has 2 aromatic carbocycles. The lowest BCUT2D eigenvalue weighted by molar-refractivity contribution is -0.116. The largest absolute Gasteiger partial charge is 0.486 e. The van der Waals surface area contributed by atoms with E-state index in [1.165, 1.54) is 0 Å². The summed E-state index contributed by atoms with van der Waals surface area (Å²) in [6.45, 7) is 4.36. The third-order valence-electron chi connectivity index (χ3n) is 4.99. The molecule has 4 rings (SSSR count). The van der Waals surface area contributed by atoms with Crippen molar-refractivity contribution in [2.75, 3.05) is 31.6 Å². The molecule has 7 nitrogen and oxygen atoms in total. The van der Waals surface area contributed by atoms with Crippen LogP contribution in [0.1, 0.15) is 24.8 Å². The van der Waals surface area contributed by atoms with Crippen LogP contribution in [0.2, 0.25) is 0 Å². The molecule has 0 saturated carbocycles. The molecule has 2 aliphatic rings. The molecule has 0 aromatic heterocycles. The Balaban J connectivity index is 1.38. The number of carbonyl (C=O) groups is 1. The maximum atomic E-state index is 12.0. The Bertz CT molecular complexity index is 899. The molecule has 0 saturated heterocycles. The second kappa shape index (κ2) is 8.86. The van der Waals surface area contributed by atoms with Gasteiger partial charge in [-0.15, -0.1) is 0 Å². The molecule has 0 fully saturated rings. The molecule has 3 N–H and O–H groups in total. The molecule has 2 heterocycles. The lowest BCUT2D eigenvalue weighted by Gasteiger charge is -2.27. The molecule has 0 aliphatic carbocycles. The van der Waals surface area contributed by atoms with Gasteiger partial charge in [-0.05, 0) is 30.7 Å². The first-order valence-electron chi connectivity index (χ1n) is 10.0. The van der Waals surface area contributed by atoms with E-state index in [1.807, 2.05) is 49.4 Å². The number of ether oxygens (including phenoxy) is 2. The lowest BCUT2D eigenvalue weighted by Crippen LogP contribution is -2.45. The Hall–Kier alpha value is -3.22. The highest BCUT2D eigenvalue weighted by Crippen LogP contribution is 2.32. The monoisotopic (exact) mass is 394 g/mol. The van der Waals surface area contributed by atoms with Gasteiger partial charge in [0.05, 0.1) is 13.1 Å². The average molecular weight is 394 g/mol. The van der Waals surface area contributed by atoms with Gasteiger partial charge in [-0.1, -0.05) is 30.3 Å². The van der Waals surface area contributed by atoms with Gasteiger partial charge in [-0.3, -0.25) is 9.79 Å². The Labute approximate surface area is 170 Å². The van der Waals surface area contributed by atoms with Crippen LogP contribution in [-0.2, 0) is 4.79 Å². The standard InChI is InChI=1S/C22H26N4O3/c1-2-23-22(25-13-16-14-28-19-9-5-6-10-20(19)29-16)24-12-15-11-21(27)26-18-8-4-3-7-17(15)18/h3-10,15-16H,2,11-14H2,1H3,(H,26,27)(H2,23,24,25). The zero-order chi connectivity index (χ0) is 20.1. The van der Waals surface area contributed by atoms with Crippen molar-refractivity contribution in [3.8, 4) is 11.5 Å². The molecule has 7 heteroatoms. The molecular weight excluding hydrogens is 368 g/mol. The third kappa shape index (κ3) is 4.62. The summed E-state index contributed by atoms with van der Waals surface area (Å²) in [6, 6.07) is 15.6. The summed E-state index contributed by atoms with van der Waals surface area (Å²) in [7, 11) is 0. The molecule has 2 atom stereocenters. The number of para-hydroxylation sites is 3. The minimum atomic E-state index is -0.102. The van der Waals surface area contributed by atoms with Gasteiger partial charge in [0.2, 0.25) is 5.91 Å². The summed E-state index contributed by atoms with van der Waals surface area (Å²) in [5, 5.41) is 9.52. The van der Waals surface area contributed by atoms with Crippen molar-refractivity contribution >= 4 is 17.6 Å². The normalized spacial score (nSPS) is 20.4. The first kappa shape index (κ1) is 19.1. The molecule has 152 valence electrons. The van der Waals surface area contributed by atoms with Crippen LogP contribution in [0.3, 0.4) is 0 Å². The van der Waals surface area contributed by atoms with E-state index in [1.54, 1.807) is 0 Å². The van der Waals surface area contributed by atoms with E-state index in [9.17, 15) is 4.79 Å². The second-order valence-corrected chi connectivity index (χ2v) is 7.13. The predicted octanol–water partition coefficient (Wildman–Crippen LogP) is 2.51. The predicted molar refractivity (Wildman–Crippen MR) is 113 cm³/mol. The Kier molecular flexibility index (Phi) is 5.84. The van der Waals surface area contributed by atoms with Crippen LogP contribution in [0.25, 0.3) is 0 Å². The first-order chi connectivity index (χ1) is 14.2. The molecule has 0 bridgehead atoms. The molecule has 2 aliphatic heterocycles. The summed E-state index contributed by atoms with van der Waals surface area (Å²) < 4.78 is 11.8. The molecule has 0 radical (unpaired) electrons. The third-order valence-corrected chi connectivity index (χ3v) is 4.99. The summed E-state index contributed by atoms with van der Waals surface area (Å²) in [5.41, 5.74) is 2.01.